The molecule has 20 heavy (non-hydrogen) atoms. The van der Waals surface area contributed by atoms with Gasteiger partial charge in [-0.25, -0.2) is 4.79 Å². The largest absolute Gasteiger partial charge is 0.506 e. The molecule has 1 amide bonds. The van der Waals surface area contributed by atoms with Gasteiger partial charge in [-0.3, -0.25) is 4.79 Å². The van der Waals surface area contributed by atoms with Crippen molar-refractivity contribution < 1.29 is 19.8 Å². The number of amides is 1. The number of hydrogen-bond acceptors (Lipinski definition) is 3. The summed E-state index contributed by atoms with van der Waals surface area (Å²) in [5, 5.41) is 22.8. The Morgan fingerprint density at radius 2 is 1.90 bits per heavy atom. The molecule has 2 aromatic carbocycles. The number of benzene rings is 2. The number of phenols is 1. The number of carboxylic acids is 1. The van der Waals surface area contributed by atoms with Crippen molar-refractivity contribution in [2.75, 3.05) is 0 Å². The summed E-state index contributed by atoms with van der Waals surface area (Å²) < 4.78 is 0. The Hall–Kier alpha value is -2.56. The van der Waals surface area contributed by atoms with Crippen molar-refractivity contribution >= 4 is 22.6 Å². The Labute approximate surface area is 115 Å². The molecule has 1 atom stereocenters. The van der Waals surface area contributed by atoms with Gasteiger partial charge in [0.25, 0.3) is 5.91 Å². The van der Waals surface area contributed by atoms with Gasteiger partial charge in [-0.1, -0.05) is 37.3 Å². The summed E-state index contributed by atoms with van der Waals surface area (Å²) in [7, 11) is 0. The SMILES string of the molecule is CC[C@@H](NC(=O)c1ccc2ccccc2c1O)C(=O)O. The number of phenolic OH excluding ortho intramolecular Hbond substituents is 1. The second-order valence-corrected chi connectivity index (χ2v) is 4.46. The van der Waals surface area contributed by atoms with E-state index in [1.54, 1.807) is 25.1 Å². The normalized spacial score (nSPS) is 12.1. The van der Waals surface area contributed by atoms with E-state index in [1.165, 1.54) is 6.07 Å². The summed E-state index contributed by atoms with van der Waals surface area (Å²) >= 11 is 0. The Morgan fingerprint density at radius 1 is 1.20 bits per heavy atom. The predicted octanol–water partition coefficient (Wildman–Crippen LogP) is 2.14. The minimum atomic E-state index is -1.10. The average molecular weight is 273 g/mol. The molecule has 0 heterocycles. The number of aromatic hydroxyl groups is 1. The lowest BCUT2D eigenvalue weighted by molar-refractivity contribution is -0.139. The molecule has 0 saturated carbocycles. The molecule has 0 fully saturated rings. The van der Waals surface area contributed by atoms with Gasteiger partial charge in [0.05, 0.1) is 5.56 Å². The van der Waals surface area contributed by atoms with Crippen molar-refractivity contribution in [3.05, 3.63) is 42.0 Å². The third-order valence-corrected chi connectivity index (χ3v) is 3.16. The Balaban J connectivity index is 2.35. The van der Waals surface area contributed by atoms with Crippen molar-refractivity contribution in [1.29, 1.82) is 0 Å². The van der Waals surface area contributed by atoms with E-state index in [9.17, 15) is 14.7 Å². The van der Waals surface area contributed by atoms with E-state index in [0.717, 1.165) is 5.39 Å². The van der Waals surface area contributed by atoms with Crippen molar-refractivity contribution in [1.82, 2.24) is 5.32 Å². The number of carboxylic acid groups (broad SMARTS) is 1. The molecule has 0 aliphatic carbocycles. The first-order chi connectivity index (χ1) is 9.54. The topological polar surface area (TPSA) is 86.6 Å². The summed E-state index contributed by atoms with van der Waals surface area (Å²) in [4.78, 5) is 23.0. The third-order valence-electron chi connectivity index (χ3n) is 3.16. The summed E-state index contributed by atoms with van der Waals surface area (Å²) in [6, 6.07) is 9.36. The smallest absolute Gasteiger partial charge is 0.326 e. The fourth-order valence-corrected chi connectivity index (χ4v) is 2.01. The monoisotopic (exact) mass is 273 g/mol. The second kappa shape index (κ2) is 5.61. The van der Waals surface area contributed by atoms with Gasteiger partial charge < -0.3 is 15.5 Å². The van der Waals surface area contributed by atoms with Crippen LogP contribution in [0.2, 0.25) is 0 Å². The number of carbonyl (C=O) groups excluding carboxylic acids is 1. The lowest BCUT2D eigenvalue weighted by Gasteiger charge is -2.13. The van der Waals surface area contributed by atoms with Crippen molar-refractivity contribution in [3.63, 3.8) is 0 Å². The van der Waals surface area contributed by atoms with Crippen LogP contribution in [-0.2, 0) is 4.79 Å². The van der Waals surface area contributed by atoms with Crippen LogP contribution in [0.15, 0.2) is 36.4 Å². The van der Waals surface area contributed by atoms with Crippen LogP contribution < -0.4 is 5.32 Å². The lowest BCUT2D eigenvalue weighted by atomic mass is 10.0. The molecule has 0 unspecified atom stereocenters. The van der Waals surface area contributed by atoms with Crippen LogP contribution in [0.4, 0.5) is 0 Å². The molecule has 0 saturated heterocycles. The molecule has 0 aliphatic heterocycles. The van der Waals surface area contributed by atoms with Crippen LogP contribution in [0.3, 0.4) is 0 Å². The van der Waals surface area contributed by atoms with E-state index < -0.39 is 17.9 Å². The molecule has 3 N–H and O–H groups in total. The summed E-state index contributed by atoms with van der Waals surface area (Å²) in [6.07, 6.45) is 0.273. The first-order valence-electron chi connectivity index (χ1n) is 6.29. The van der Waals surface area contributed by atoms with Crippen LogP contribution in [-0.4, -0.2) is 28.1 Å². The first-order valence-corrected chi connectivity index (χ1v) is 6.29. The average Bonchev–Trinajstić information content (AvgIpc) is 2.44. The van der Waals surface area contributed by atoms with Gasteiger partial charge in [-0.2, -0.15) is 0 Å². The molecule has 0 bridgehead atoms. The van der Waals surface area contributed by atoms with Gasteiger partial charge in [-0.15, -0.1) is 0 Å². The van der Waals surface area contributed by atoms with Crippen LogP contribution in [0.25, 0.3) is 10.8 Å². The summed E-state index contributed by atoms with van der Waals surface area (Å²) in [5.41, 5.74) is 0.0726. The zero-order valence-electron chi connectivity index (χ0n) is 11.0. The molecule has 2 aromatic rings. The number of carbonyl (C=O) groups is 2. The zero-order valence-corrected chi connectivity index (χ0v) is 11.0. The number of fused-ring (bicyclic) bond motifs is 1. The van der Waals surface area contributed by atoms with Gasteiger partial charge in [0.15, 0.2) is 0 Å². The van der Waals surface area contributed by atoms with Crippen molar-refractivity contribution in [2.24, 2.45) is 0 Å². The maximum Gasteiger partial charge on any atom is 0.326 e. The van der Waals surface area contributed by atoms with E-state index in [-0.39, 0.29) is 17.7 Å². The van der Waals surface area contributed by atoms with Gasteiger partial charge in [0.2, 0.25) is 0 Å². The molecular weight excluding hydrogens is 258 g/mol. The number of rotatable bonds is 4. The molecule has 5 heteroatoms. The van der Waals surface area contributed by atoms with Crippen LogP contribution in [0, 0.1) is 0 Å². The highest BCUT2D eigenvalue weighted by atomic mass is 16.4. The third kappa shape index (κ3) is 2.56. The fourth-order valence-electron chi connectivity index (χ4n) is 2.01. The van der Waals surface area contributed by atoms with E-state index in [4.69, 9.17) is 5.11 Å². The highest BCUT2D eigenvalue weighted by Gasteiger charge is 2.21. The molecule has 0 spiro atoms. The number of nitrogens with one attached hydrogen (secondary N) is 1. The van der Waals surface area contributed by atoms with Crippen LogP contribution in [0.5, 0.6) is 5.75 Å². The minimum Gasteiger partial charge on any atom is -0.506 e. The molecule has 0 aromatic heterocycles. The number of hydrogen-bond donors (Lipinski definition) is 3. The van der Waals surface area contributed by atoms with E-state index in [2.05, 4.69) is 5.32 Å². The maximum absolute atomic E-state index is 12.0. The van der Waals surface area contributed by atoms with Crippen molar-refractivity contribution in [2.45, 2.75) is 19.4 Å². The molecule has 2 rings (SSSR count). The summed E-state index contributed by atoms with van der Waals surface area (Å²) in [5.74, 6) is -1.83. The predicted molar refractivity (Wildman–Crippen MR) is 74.8 cm³/mol. The number of aliphatic carboxylic acids is 1. The van der Waals surface area contributed by atoms with Crippen LogP contribution in [0.1, 0.15) is 23.7 Å². The summed E-state index contributed by atoms with van der Waals surface area (Å²) in [6.45, 7) is 1.67. The minimum absolute atomic E-state index is 0.0726. The van der Waals surface area contributed by atoms with E-state index in [1.807, 2.05) is 12.1 Å². The van der Waals surface area contributed by atoms with Gasteiger partial charge in [0.1, 0.15) is 11.8 Å². The van der Waals surface area contributed by atoms with E-state index in [0.29, 0.717) is 5.39 Å². The first kappa shape index (κ1) is 13.9. The molecule has 0 aliphatic rings. The highest BCUT2D eigenvalue weighted by molar-refractivity contribution is 6.04. The fraction of sp³-hybridized carbons (Fsp3) is 0.200. The Bertz CT molecular complexity index is 666. The van der Waals surface area contributed by atoms with Gasteiger partial charge in [-0.05, 0) is 17.9 Å². The quantitative estimate of drug-likeness (QED) is 0.796. The van der Waals surface area contributed by atoms with Crippen LogP contribution >= 0.6 is 0 Å². The van der Waals surface area contributed by atoms with Gasteiger partial charge >= 0.3 is 5.97 Å². The molecule has 104 valence electrons. The maximum atomic E-state index is 12.0. The zero-order chi connectivity index (χ0) is 14.7. The highest BCUT2D eigenvalue weighted by Crippen LogP contribution is 2.28. The molecule has 0 radical (unpaired) electrons. The second-order valence-electron chi connectivity index (χ2n) is 4.46. The van der Waals surface area contributed by atoms with Crippen molar-refractivity contribution in [3.8, 4) is 5.75 Å². The Kier molecular flexibility index (Phi) is 3.89. The van der Waals surface area contributed by atoms with Gasteiger partial charge in [0, 0.05) is 5.39 Å². The Morgan fingerprint density at radius 3 is 2.55 bits per heavy atom. The lowest BCUT2D eigenvalue weighted by Crippen LogP contribution is -2.40. The molecule has 5 nitrogen and oxygen atoms in total. The molecular formula is C15H15NO4. The van der Waals surface area contributed by atoms with E-state index >= 15 is 0 Å². The standard InChI is InChI=1S/C15H15NO4/c1-2-12(15(19)20)16-14(18)11-8-7-9-5-3-4-6-10(9)13(11)17/h3-8,12,17H,2H2,1H3,(H,16,18)(H,19,20)/t12-/m1/s1.